The van der Waals surface area contributed by atoms with E-state index in [0.29, 0.717) is 0 Å². The highest BCUT2D eigenvalue weighted by Gasteiger charge is 2.17. The number of aromatic nitrogens is 1. The fourth-order valence-electron chi connectivity index (χ4n) is 0.855. The third-order valence-electron chi connectivity index (χ3n) is 1.51. The van der Waals surface area contributed by atoms with Crippen LogP contribution in [0.3, 0.4) is 0 Å². The van der Waals surface area contributed by atoms with Crippen LogP contribution >= 0.6 is 0 Å². The monoisotopic (exact) mass is 231 g/mol. The molecule has 0 aliphatic rings. The second-order valence-corrected chi connectivity index (χ2v) is 4.40. The van der Waals surface area contributed by atoms with E-state index in [1.165, 1.54) is 6.20 Å². The Morgan fingerprint density at radius 2 is 2.20 bits per heavy atom. The molecule has 1 aromatic heterocycles. The van der Waals surface area contributed by atoms with Gasteiger partial charge in [-0.3, -0.25) is 9.59 Å². The van der Waals surface area contributed by atoms with Gasteiger partial charge in [0, 0.05) is 18.5 Å². The molecule has 0 atom stereocenters. The number of hydrogen-bond acceptors (Lipinski definition) is 4. The summed E-state index contributed by atoms with van der Waals surface area (Å²) in [6.07, 6.45) is 2.33. The molecule has 82 valence electrons. The maximum atomic E-state index is 11.4. The summed E-state index contributed by atoms with van der Waals surface area (Å²) in [5, 5.41) is 0. The van der Waals surface area contributed by atoms with E-state index < -0.39 is 32.8 Å². The first-order valence-electron chi connectivity index (χ1n) is 3.88. The predicted octanol–water partition coefficient (Wildman–Crippen LogP) is -1.86. The molecule has 8 heteroatoms. The van der Waals surface area contributed by atoms with E-state index in [4.69, 9.17) is 5.73 Å². The van der Waals surface area contributed by atoms with E-state index in [0.717, 1.165) is 12.3 Å². The first-order chi connectivity index (χ1) is 6.93. The molecule has 1 aromatic rings. The summed E-state index contributed by atoms with van der Waals surface area (Å²) in [5.74, 6) is -0.828. The van der Waals surface area contributed by atoms with Crippen molar-refractivity contribution in [1.29, 1.82) is 0 Å². The van der Waals surface area contributed by atoms with Gasteiger partial charge in [-0.2, -0.15) is 0 Å². The van der Waals surface area contributed by atoms with E-state index in [1.807, 2.05) is 4.72 Å². The molecule has 0 unspecified atom stereocenters. The molecule has 0 aliphatic carbocycles. The van der Waals surface area contributed by atoms with Crippen LogP contribution in [-0.2, 0) is 14.8 Å². The van der Waals surface area contributed by atoms with Gasteiger partial charge < -0.3 is 10.7 Å². The van der Waals surface area contributed by atoms with E-state index in [-0.39, 0.29) is 0 Å². The maximum Gasteiger partial charge on any atom is 0.246 e. The number of primary amides is 1. The lowest BCUT2D eigenvalue weighted by Gasteiger charge is -2.02. The molecular weight excluding hydrogens is 222 g/mol. The van der Waals surface area contributed by atoms with Crippen LogP contribution in [-0.4, -0.2) is 25.9 Å². The number of amides is 1. The number of nitrogens with one attached hydrogen (secondary N) is 2. The highest BCUT2D eigenvalue weighted by molar-refractivity contribution is 7.89. The third kappa shape index (κ3) is 2.89. The van der Waals surface area contributed by atoms with Gasteiger partial charge in [0.2, 0.25) is 21.4 Å². The molecule has 0 fully saturated rings. The summed E-state index contributed by atoms with van der Waals surface area (Å²) < 4.78 is 24.7. The maximum absolute atomic E-state index is 11.4. The number of carbonyl (C=O) groups is 1. The molecule has 7 nitrogen and oxygen atoms in total. The highest BCUT2D eigenvalue weighted by Crippen LogP contribution is 1.98. The lowest BCUT2D eigenvalue weighted by Crippen LogP contribution is -2.35. The standard InChI is InChI=1S/C7H9N3O4S/c8-7(12)4-10-15(13,14)6-3-9-2-1-5(6)11/h1-3,10H,4H2,(H2,8,12)(H,9,11). The number of rotatable bonds is 4. The largest absolute Gasteiger partial charge is 0.369 e. The Hall–Kier alpha value is -1.67. The molecule has 0 radical (unpaired) electrons. The summed E-state index contributed by atoms with van der Waals surface area (Å²) in [5.41, 5.74) is 4.10. The first-order valence-corrected chi connectivity index (χ1v) is 5.37. The van der Waals surface area contributed by atoms with Crippen LogP contribution in [0.4, 0.5) is 0 Å². The molecule has 0 bridgehead atoms. The van der Waals surface area contributed by atoms with Crippen molar-refractivity contribution < 1.29 is 13.2 Å². The van der Waals surface area contributed by atoms with Gasteiger partial charge in [-0.15, -0.1) is 0 Å². The molecular formula is C7H9N3O4S. The van der Waals surface area contributed by atoms with Crippen LogP contribution in [0.15, 0.2) is 28.2 Å². The average Bonchev–Trinajstić information content (AvgIpc) is 2.15. The lowest BCUT2D eigenvalue weighted by molar-refractivity contribution is -0.116. The second kappa shape index (κ2) is 4.24. The zero-order valence-corrected chi connectivity index (χ0v) is 8.37. The zero-order valence-electron chi connectivity index (χ0n) is 7.56. The third-order valence-corrected chi connectivity index (χ3v) is 2.94. The SMILES string of the molecule is NC(=O)CNS(=O)(=O)c1c[nH]ccc1=O. The van der Waals surface area contributed by atoms with Gasteiger partial charge in [0.25, 0.3) is 0 Å². The van der Waals surface area contributed by atoms with Crippen molar-refractivity contribution >= 4 is 15.9 Å². The van der Waals surface area contributed by atoms with Gasteiger partial charge in [0.05, 0.1) is 6.54 Å². The Morgan fingerprint density at radius 1 is 1.53 bits per heavy atom. The summed E-state index contributed by atoms with van der Waals surface area (Å²) in [7, 11) is -3.98. The Bertz CT molecular complexity index is 519. The lowest BCUT2D eigenvalue weighted by atomic mass is 10.5. The number of nitrogens with two attached hydrogens (primary N) is 1. The van der Waals surface area contributed by atoms with E-state index in [2.05, 4.69) is 4.98 Å². The number of pyridine rings is 1. The van der Waals surface area contributed by atoms with Crippen molar-refractivity contribution in [2.24, 2.45) is 5.73 Å². The summed E-state index contributed by atoms with van der Waals surface area (Å²) >= 11 is 0. The normalized spacial score (nSPS) is 11.2. The van der Waals surface area contributed by atoms with Crippen LogP contribution in [0.25, 0.3) is 0 Å². The molecule has 15 heavy (non-hydrogen) atoms. The smallest absolute Gasteiger partial charge is 0.246 e. The van der Waals surface area contributed by atoms with Crippen molar-refractivity contribution in [3.63, 3.8) is 0 Å². The number of carbonyl (C=O) groups excluding carboxylic acids is 1. The number of aromatic amines is 1. The number of sulfonamides is 1. The van der Waals surface area contributed by atoms with Crippen LogP contribution in [0, 0.1) is 0 Å². The Labute approximate surface area is 85.4 Å². The molecule has 0 saturated carbocycles. The van der Waals surface area contributed by atoms with Crippen LogP contribution in [0.5, 0.6) is 0 Å². The Balaban J connectivity index is 3.02. The van der Waals surface area contributed by atoms with Gasteiger partial charge in [0.1, 0.15) is 4.90 Å². The second-order valence-electron chi connectivity index (χ2n) is 2.66. The van der Waals surface area contributed by atoms with Gasteiger partial charge in [-0.1, -0.05) is 0 Å². The molecule has 4 N–H and O–H groups in total. The van der Waals surface area contributed by atoms with Crippen molar-refractivity contribution in [2.75, 3.05) is 6.54 Å². The van der Waals surface area contributed by atoms with Crippen LogP contribution in [0.2, 0.25) is 0 Å². The van der Waals surface area contributed by atoms with Crippen LogP contribution in [0.1, 0.15) is 0 Å². The molecule has 0 aliphatic heterocycles. The zero-order chi connectivity index (χ0) is 11.5. The van der Waals surface area contributed by atoms with E-state index >= 15 is 0 Å². The summed E-state index contributed by atoms with van der Waals surface area (Å²) in [6.45, 7) is -0.545. The van der Waals surface area contributed by atoms with Crippen LogP contribution < -0.4 is 15.9 Å². The molecule has 0 saturated heterocycles. The molecule has 1 heterocycles. The van der Waals surface area contributed by atoms with E-state index in [9.17, 15) is 18.0 Å². The Morgan fingerprint density at radius 3 is 2.73 bits per heavy atom. The molecule has 1 rings (SSSR count). The average molecular weight is 231 g/mol. The molecule has 0 aromatic carbocycles. The van der Waals surface area contributed by atoms with Crippen molar-refractivity contribution in [3.05, 3.63) is 28.7 Å². The minimum Gasteiger partial charge on any atom is -0.369 e. The van der Waals surface area contributed by atoms with Gasteiger partial charge >= 0.3 is 0 Å². The first kappa shape index (κ1) is 11.4. The quantitative estimate of drug-likeness (QED) is 0.562. The summed E-state index contributed by atoms with van der Waals surface area (Å²) in [4.78, 5) is 23.5. The fourth-order valence-corrected chi connectivity index (χ4v) is 1.90. The van der Waals surface area contributed by atoms with Crippen molar-refractivity contribution in [3.8, 4) is 0 Å². The Kier molecular flexibility index (Phi) is 3.22. The predicted molar refractivity (Wildman–Crippen MR) is 51.4 cm³/mol. The van der Waals surface area contributed by atoms with Gasteiger partial charge in [-0.05, 0) is 0 Å². The minimum atomic E-state index is -3.98. The topological polar surface area (TPSA) is 122 Å². The van der Waals surface area contributed by atoms with Gasteiger partial charge in [-0.25, -0.2) is 13.1 Å². The van der Waals surface area contributed by atoms with Crippen molar-refractivity contribution in [1.82, 2.24) is 9.71 Å². The summed E-state index contributed by atoms with van der Waals surface area (Å²) in [6, 6.07) is 1.07. The van der Waals surface area contributed by atoms with Gasteiger partial charge in [0.15, 0.2) is 0 Å². The number of H-pyrrole nitrogens is 1. The minimum absolute atomic E-state index is 0.453. The molecule has 1 amide bonds. The number of hydrogen-bond donors (Lipinski definition) is 3. The fraction of sp³-hybridized carbons (Fsp3) is 0.143. The highest BCUT2D eigenvalue weighted by atomic mass is 32.2. The van der Waals surface area contributed by atoms with Crippen molar-refractivity contribution in [2.45, 2.75) is 4.90 Å². The van der Waals surface area contributed by atoms with E-state index in [1.54, 1.807) is 0 Å². The molecule has 0 spiro atoms.